The Morgan fingerprint density at radius 2 is 1.97 bits per heavy atom. The van der Waals surface area contributed by atoms with Crippen LogP contribution in [0.3, 0.4) is 0 Å². The largest absolute Gasteiger partial charge is 0.372 e. The Balaban J connectivity index is 1.74. The van der Waals surface area contributed by atoms with Gasteiger partial charge in [0.15, 0.2) is 0 Å². The number of sulfonamides is 1. The molecular formula is C22H25N5O4S. The normalized spacial score (nSPS) is 16.9. The van der Waals surface area contributed by atoms with Crippen molar-refractivity contribution in [1.82, 2.24) is 20.2 Å². The smallest absolute Gasteiger partial charge is 0.272 e. The van der Waals surface area contributed by atoms with Gasteiger partial charge in [-0.2, -0.15) is 0 Å². The van der Waals surface area contributed by atoms with Gasteiger partial charge < -0.3 is 19.7 Å². The summed E-state index contributed by atoms with van der Waals surface area (Å²) in [5.74, 6) is 0.584. The molecule has 2 aliphatic rings. The first kappa shape index (κ1) is 20.8. The van der Waals surface area contributed by atoms with Gasteiger partial charge in [0.25, 0.3) is 5.56 Å². The highest BCUT2D eigenvalue weighted by Gasteiger charge is 2.27. The van der Waals surface area contributed by atoms with Crippen LogP contribution in [0.5, 0.6) is 0 Å². The predicted molar refractivity (Wildman–Crippen MR) is 122 cm³/mol. The van der Waals surface area contributed by atoms with Gasteiger partial charge in [-0.25, -0.2) is 13.1 Å². The Hall–Kier alpha value is -3.11. The highest BCUT2D eigenvalue weighted by Crippen LogP contribution is 2.34. The average Bonchev–Trinajstić information content (AvgIpc) is 3.50. The van der Waals surface area contributed by atoms with Crippen LogP contribution >= 0.6 is 0 Å². The predicted octanol–water partition coefficient (Wildman–Crippen LogP) is 2.86. The summed E-state index contributed by atoms with van der Waals surface area (Å²) in [6, 6.07) is 4.99. The summed E-state index contributed by atoms with van der Waals surface area (Å²) in [4.78, 5) is 17.6. The zero-order valence-electron chi connectivity index (χ0n) is 17.9. The molecule has 1 aliphatic heterocycles. The second kappa shape index (κ2) is 7.79. The van der Waals surface area contributed by atoms with Gasteiger partial charge >= 0.3 is 0 Å². The van der Waals surface area contributed by atoms with E-state index in [9.17, 15) is 13.2 Å². The topological polar surface area (TPSA) is 120 Å². The molecule has 1 aliphatic carbocycles. The van der Waals surface area contributed by atoms with Crippen LogP contribution < -0.4 is 20.5 Å². The summed E-state index contributed by atoms with van der Waals surface area (Å²) in [5.41, 5.74) is 2.53. The third-order valence-corrected chi connectivity index (χ3v) is 7.70. The highest BCUT2D eigenvalue weighted by atomic mass is 32.2. The number of rotatable bonds is 5. The van der Waals surface area contributed by atoms with Crippen molar-refractivity contribution in [2.24, 2.45) is 0 Å². The fourth-order valence-electron chi connectivity index (χ4n) is 4.58. The fraction of sp³-hybridized carbons (Fsp3) is 0.364. The lowest BCUT2D eigenvalue weighted by Gasteiger charge is -2.18. The van der Waals surface area contributed by atoms with Crippen LogP contribution in [-0.2, 0) is 10.0 Å². The lowest BCUT2D eigenvalue weighted by molar-refractivity contribution is 0.393. The molecule has 1 fully saturated rings. The summed E-state index contributed by atoms with van der Waals surface area (Å²) in [5, 5.41) is 7.48. The first-order valence-electron chi connectivity index (χ1n) is 10.7. The van der Waals surface area contributed by atoms with Crippen molar-refractivity contribution in [2.45, 2.75) is 50.5 Å². The van der Waals surface area contributed by atoms with Gasteiger partial charge in [0, 0.05) is 29.4 Å². The zero-order valence-corrected chi connectivity index (χ0v) is 18.8. The minimum Gasteiger partial charge on any atom is -0.372 e. The fourth-order valence-corrected chi connectivity index (χ4v) is 6.12. The van der Waals surface area contributed by atoms with E-state index in [1.165, 1.54) is 0 Å². The third kappa shape index (κ3) is 3.59. The first-order chi connectivity index (χ1) is 15.3. The summed E-state index contributed by atoms with van der Waals surface area (Å²) in [7, 11) is -3.84. The average molecular weight is 456 g/mol. The lowest BCUT2D eigenvalue weighted by atomic mass is 10.0. The van der Waals surface area contributed by atoms with E-state index in [0.29, 0.717) is 40.3 Å². The molecule has 9 nitrogen and oxygen atoms in total. The molecule has 3 N–H and O–H groups in total. The van der Waals surface area contributed by atoms with Crippen molar-refractivity contribution in [1.29, 1.82) is 0 Å². The molecule has 1 aromatic carbocycles. The number of hydrogen-bond donors (Lipinski definition) is 3. The third-order valence-electron chi connectivity index (χ3n) is 6.14. The van der Waals surface area contributed by atoms with Gasteiger partial charge in [0.2, 0.25) is 10.0 Å². The number of fused-ring (bicyclic) bond motifs is 1. The summed E-state index contributed by atoms with van der Waals surface area (Å²) < 4.78 is 35.2. The first-order valence-corrected chi connectivity index (χ1v) is 12.1. The molecule has 0 amide bonds. The van der Waals surface area contributed by atoms with Crippen molar-refractivity contribution in [3.63, 3.8) is 0 Å². The van der Waals surface area contributed by atoms with Crippen LogP contribution in [0.1, 0.15) is 37.1 Å². The van der Waals surface area contributed by atoms with Crippen molar-refractivity contribution >= 4 is 26.6 Å². The van der Waals surface area contributed by atoms with E-state index in [4.69, 9.17) is 4.52 Å². The summed E-state index contributed by atoms with van der Waals surface area (Å²) in [6.45, 7) is 4.02. The van der Waals surface area contributed by atoms with E-state index in [2.05, 4.69) is 20.2 Å². The maximum Gasteiger partial charge on any atom is 0.272 e. The van der Waals surface area contributed by atoms with Gasteiger partial charge in [0.05, 0.1) is 22.8 Å². The molecule has 2 aromatic heterocycles. The number of aromatic amines is 1. The number of aryl methyl sites for hydroxylation is 2. The molecule has 1 saturated carbocycles. The number of pyridine rings is 1. The summed E-state index contributed by atoms with van der Waals surface area (Å²) >= 11 is 0. The van der Waals surface area contributed by atoms with Gasteiger partial charge in [-0.3, -0.25) is 4.79 Å². The molecule has 0 radical (unpaired) electrons. The Bertz CT molecular complexity index is 1360. The number of nitrogens with zero attached hydrogens (tertiary/aromatic N) is 2. The Morgan fingerprint density at radius 1 is 1.19 bits per heavy atom. The zero-order chi connectivity index (χ0) is 22.5. The molecule has 5 rings (SSSR count). The van der Waals surface area contributed by atoms with Crippen molar-refractivity contribution in [3.05, 3.63) is 52.4 Å². The number of aromatic nitrogens is 2. The second-order valence-electron chi connectivity index (χ2n) is 8.37. The molecule has 10 heteroatoms. The molecular weight excluding hydrogens is 430 g/mol. The maximum atomic E-state index is 13.5. The number of benzene rings is 1. The van der Waals surface area contributed by atoms with E-state index < -0.39 is 10.0 Å². The highest BCUT2D eigenvalue weighted by molar-refractivity contribution is 7.89. The molecule has 0 saturated heterocycles. The standard InChI is InChI=1S/C22H25N5O4S/c1-13-21(14(2)31-25-13)15-9-18-17(11-19(22(28)24-18)27-8-7-23-12-27)20(10-15)32(29,30)26-16-5-3-4-6-16/h7-11,16,23,26H,3-6,12H2,1-2H3,(H,24,28). The number of nitrogens with one attached hydrogen (secondary N) is 3. The quantitative estimate of drug-likeness (QED) is 0.541. The molecule has 0 unspecified atom stereocenters. The van der Waals surface area contributed by atoms with Crippen molar-refractivity contribution in [2.75, 3.05) is 11.6 Å². The van der Waals surface area contributed by atoms with E-state index >= 15 is 0 Å². The summed E-state index contributed by atoms with van der Waals surface area (Å²) in [6.07, 6.45) is 7.17. The number of H-pyrrole nitrogens is 1. The van der Waals surface area contributed by atoms with Crippen molar-refractivity contribution in [3.8, 4) is 11.1 Å². The van der Waals surface area contributed by atoms with Crippen LogP contribution in [0, 0.1) is 13.8 Å². The molecule has 0 spiro atoms. The Labute approximate surface area is 185 Å². The minimum absolute atomic E-state index is 0.0780. The second-order valence-corrected chi connectivity index (χ2v) is 10.1. The Kier molecular flexibility index (Phi) is 5.06. The molecule has 168 valence electrons. The SMILES string of the molecule is Cc1noc(C)c1-c1cc(S(=O)(=O)NC2CCCC2)c2cc(N3C=CNC3)c(=O)[nH]c2c1. The maximum absolute atomic E-state index is 13.5. The lowest BCUT2D eigenvalue weighted by Crippen LogP contribution is -2.33. The van der Waals surface area contributed by atoms with Gasteiger partial charge in [-0.1, -0.05) is 18.0 Å². The Morgan fingerprint density at radius 3 is 2.62 bits per heavy atom. The van der Waals surface area contributed by atoms with Gasteiger partial charge in [-0.15, -0.1) is 0 Å². The number of hydrogen-bond acceptors (Lipinski definition) is 7. The minimum atomic E-state index is -3.84. The molecule has 0 atom stereocenters. The van der Waals surface area contributed by atoms with Crippen LogP contribution in [0.4, 0.5) is 5.69 Å². The van der Waals surface area contributed by atoms with E-state index in [-0.39, 0.29) is 16.5 Å². The molecule has 0 bridgehead atoms. The van der Waals surface area contributed by atoms with Crippen LogP contribution in [-0.4, -0.2) is 31.3 Å². The molecule has 32 heavy (non-hydrogen) atoms. The van der Waals surface area contributed by atoms with E-state index in [1.807, 2.05) is 0 Å². The monoisotopic (exact) mass is 455 g/mol. The van der Waals surface area contributed by atoms with Crippen LogP contribution in [0.25, 0.3) is 22.0 Å². The van der Waals surface area contributed by atoms with E-state index in [0.717, 1.165) is 31.2 Å². The van der Waals surface area contributed by atoms with Gasteiger partial charge in [-0.05, 0) is 50.5 Å². The van der Waals surface area contributed by atoms with E-state index in [1.54, 1.807) is 49.3 Å². The van der Waals surface area contributed by atoms with Crippen LogP contribution in [0.15, 0.2) is 44.8 Å². The molecule has 3 aromatic rings. The van der Waals surface area contributed by atoms with Crippen molar-refractivity contribution < 1.29 is 12.9 Å². The van der Waals surface area contributed by atoms with Crippen LogP contribution in [0.2, 0.25) is 0 Å². The van der Waals surface area contributed by atoms with Gasteiger partial charge in [0.1, 0.15) is 11.4 Å². The molecule has 3 heterocycles. The number of anilines is 1.